The van der Waals surface area contributed by atoms with Crippen molar-refractivity contribution in [3.63, 3.8) is 0 Å². The monoisotopic (exact) mass is 333 g/mol. The average Bonchev–Trinajstić information content (AvgIpc) is 3.32. The summed E-state index contributed by atoms with van der Waals surface area (Å²) < 4.78 is 1.58. The van der Waals surface area contributed by atoms with Crippen molar-refractivity contribution in [3.8, 4) is 6.07 Å². The Bertz CT molecular complexity index is 950. The summed E-state index contributed by atoms with van der Waals surface area (Å²) in [6, 6.07) is 12.6. The molecule has 25 heavy (non-hydrogen) atoms. The van der Waals surface area contributed by atoms with E-state index < -0.39 is 0 Å². The average molecular weight is 333 g/mol. The van der Waals surface area contributed by atoms with Gasteiger partial charge < -0.3 is 16.0 Å². The number of hydrogen-bond acceptors (Lipinski definition) is 6. The van der Waals surface area contributed by atoms with Gasteiger partial charge in [-0.2, -0.15) is 9.78 Å². The summed E-state index contributed by atoms with van der Waals surface area (Å²) in [6.07, 6.45) is 3.87. The number of hydrogen-bond donors (Lipinski definition) is 3. The van der Waals surface area contributed by atoms with Crippen molar-refractivity contribution in [2.45, 2.75) is 25.8 Å². The number of anilines is 4. The number of nitrogens with one attached hydrogen (secondary N) is 3. The van der Waals surface area contributed by atoms with Gasteiger partial charge in [0.1, 0.15) is 6.07 Å². The Morgan fingerprint density at radius 2 is 2.12 bits per heavy atom. The van der Waals surface area contributed by atoms with Crippen LogP contribution in [-0.4, -0.2) is 27.2 Å². The van der Waals surface area contributed by atoms with Gasteiger partial charge >= 0.3 is 0 Å². The molecular weight excluding hydrogens is 314 g/mol. The van der Waals surface area contributed by atoms with Gasteiger partial charge in [-0.3, -0.25) is 0 Å². The summed E-state index contributed by atoms with van der Waals surface area (Å²) in [5, 5.41) is 23.9. The minimum absolute atomic E-state index is 0.416. The number of imidazole rings is 1. The Morgan fingerprint density at radius 3 is 2.88 bits per heavy atom. The highest BCUT2D eigenvalue weighted by Crippen LogP contribution is 2.29. The fourth-order valence-corrected chi connectivity index (χ4v) is 2.72. The Labute approximate surface area is 145 Å². The first-order chi connectivity index (χ1) is 12.3. The molecule has 1 aliphatic carbocycles. The zero-order valence-electron chi connectivity index (χ0n) is 14.0. The predicted octanol–water partition coefficient (Wildman–Crippen LogP) is 3.35. The number of rotatable bonds is 6. The van der Waals surface area contributed by atoms with Crippen LogP contribution >= 0.6 is 0 Å². The van der Waals surface area contributed by atoms with E-state index in [2.05, 4.69) is 39.0 Å². The van der Waals surface area contributed by atoms with Gasteiger partial charge in [0.15, 0.2) is 17.2 Å². The molecule has 0 aliphatic heterocycles. The molecule has 1 fully saturated rings. The third-order valence-corrected chi connectivity index (χ3v) is 4.04. The third kappa shape index (κ3) is 3.19. The predicted molar refractivity (Wildman–Crippen MR) is 98.2 cm³/mol. The second-order valence-electron chi connectivity index (χ2n) is 6.09. The van der Waals surface area contributed by atoms with Gasteiger partial charge in [0.25, 0.3) is 0 Å². The number of nitrogens with zero attached hydrogens (tertiary/aromatic N) is 4. The van der Waals surface area contributed by atoms with E-state index in [0.29, 0.717) is 23.2 Å². The lowest BCUT2D eigenvalue weighted by Gasteiger charge is -2.12. The maximum atomic E-state index is 9.29. The highest BCUT2D eigenvalue weighted by Gasteiger charge is 2.23. The molecule has 0 unspecified atom stereocenters. The molecule has 1 aliphatic rings. The SMILES string of the molecule is CCNc1cccc(Nc2cc(NC3CC3)c3ncc(C#N)n3n2)c1. The quantitative estimate of drug-likeness (QED) is 0.641. The van der Waals surface area contributed by atoms with E-state index in [4.69, 9.17) is 0 Å². The van der Waals surface area contributed by atoms with Crippen LogP contribution in [0.5, 0.6) is 0 Å². The van der Waals surface area contributed by atoms with Crippen LogP contribution in [0.25, 0.3) is 5.65 Å². The van der Waals surface area contributed by atoms with E-state index in [1.807, 2.05) is 30.3 Å². The van der Waals surface area contributed by atoms with E-state index >= 15 is 0 Å². The lowest BCUT2D eigenvalue weighted by atomic mass is 10.2. The van der Waals surface area contributed by atoms with E-state index in [9.17, 15) is 5.26 Å². The van der Waals surface area contributed by atoms with Crippen LogP contribution in [0, 0.1) is 11.3 Å². The van der Waals surface area contributed by atoms with Gasteiger partial charge in [0.05, 0.1) is 11.9 Å². The van der Waals surface area contributed by atoms with Crippen LogP contribution < -0.4 is 16.0 Å². The zero-order valence-corrected chi connectivity index (χ0v) is 14.0. The van der Waals surface area contributed by atoms with E-state index in [1.54, 1.807) is 10.7 Å². The van der Waals surface area contributed by atoms with Gasteiger partial charge in [-0.1, -0.05) is 6.07 Å². The molecule has 2 heterocycles. The Hall–Kier alpha value is -3.27. The van der Waals surface area contributed by atoms with Crippen molar-refractivity contribution >= 4 is 28.5 Å². The number of nitriles is 1. The molecule has 0 atom stereocenters. The first kappa shape index (κ1) is 15.3. The normalized spacial score (nSPS) is 13.4. The summed E-state index contributed by atoms with van der Waals surface area (Å²) in [6.45, 7) is 2.93. The Kier molecular flexibility index (Phi) is 3.86. The molecular formula is C18H19N7. The molecule has 0 amide bonds. The summed E-state index contributed by atoms with van der Waals surface area (Å²) in [4.78, 5) is 4.33. The smallest absolute Gasteiger partial charge is 0.178 e. The fraction of sp³-hybridized carbons (Fsp3) is 0.278. The van der Waals surface area contributed by atoms with Crippen LogP contribution in [0.1, 0.15) is 25.5 Å². The summed E-state index contributed by atoms with van der Waals surface area (Å²) in [5.74, 6) is 0.666. The molecule has 0 radical (unpaired) electrons. The molecule has 3 aromatic rings. The molecule has 7 nitrogen and oxygen atoms in total. The van der Waals surface area contributed by atoms with Crippen molar-refractivity contribution < 1.29 is 0 Å². The first-order valence-corrected chi connectivity index (χ1v) is 8.43. The van der Waals surface area contributed by atoms with Crippen molar-refractivity contribution in [2.24, 2.45) is 0 Å². The van der Waals surface area contributed by atoms with Crippen molar-refractivity contribution in [1.29, 1.82) is 5.26 Å². The van der Waals surface area contributed by atoms with Gasteiger partial charge in [-0.15, -0.1) is 5.10 Å². The molecule has 3 N–H and O–H groups in total. The van der Waals surface area contributed by atoms with Gasteiger partial charge in [-0.25, -0.2) is 4.98 Å². The van der Waals surface area contributed by atoms with Gasteiger partial charge in [-0.05, 0) is 38.0 Å². The van der Waals surface area contributed by atoms with Gasteiger partial charge in [0, 0.05) is 30.0 Å². The first-order valence-electron chi connectivity index (χ1n) is 8.43. The fourth-order valence-electron chi connectivity index (χ4n) is 2.72. The molecule has 1 saturated carbocycles. The summed E-state index contributed by atoms with van der Waals surface area (Å²) >= 11 is 0. The maximum absolute atomic E-state index is 9.29. The second kappa shape index (κ2) is 6.32. The van der Waals surface area contributed by atoms with Crippen molar-refractivity contribution in [3.05, 3.63) is 42.2 Å². The van der Waals surface area contributed by atoms with Crippen LogP contribution in [0.15, 0.2) is 36.5 Å². The lowest BCUT2D eigenvalue weighted by Crippen LogP contribution is -2.08. The molecule has 0 saturated heterocycles. The van der Waals surface area contributed by atoms with Crippen LogP contribution in [-0.2, 0) is 0 Å². The minimum atomic E-state index is 0.416. The third-order valence-electron chi connectivity index (χ3n) is 4.04. The van der Waals surface area contributed by atoms with E-state index in [1.165, 1.54) is 0 Å². The minimum Gasteiger partial charge on any atom is -0.385 e. The van der Waals surface area contributed by atoms with Crippen LogP contribution in [0.3, 0.4) is 0 Å². The summed E-state index contributed by atoms with van der Waals surface area (Å²) in [5.41, 5.74) is 3.96. The largest absolute Gasteiger partial charge is 0.385 e. The number of benzene rings is 1. The van der Waals surface area contributed by atoms with Gasteiger partial charge in [0.2, 0.25) is 0 Å². The Morgan fingerprint density at radius 1 is 1.28 bits per heavy atom. The molecule has 126 valence electrons. The lowest BCUT2D eigenvalue weighted by molar-refractivity contribution is 0.924. The Balaban J connectivity index is 1.71. The topological polar surface area (TPSA) is 90.1 Å². The van der Waals surface area contributed by atoms with E-state index in [-0.39, 0.29) is 0 Å². The standard InChI is InChI=1S/C18H19N7/c1-2-20-13-4-3-5-14(8-13)23-17-9-16(22-12-6-7-12)18-21-11-15(10-19)25(18)24-17/h3-5,8-9,11-12,20,22H,2,6-7H2,1H3,(H,23,24). The highest BCUT2D eigenvalue weighted by molar-refractivity contribution is 5.74. The molecule has 0 spiro atoms. The number of aromatic nitrogens is 3. The molecule has 4 rings (SSSR count). The maximum Gasteiger partial charge on any atom is 0.178 e. The van der Waals surface area contributed by atoms with Crippen molar-refractivity contribution in [1.82, 2.24) is 14.6 Å². The summed E-state index contributed by atoms with van der Waals surface area (Å²) in [7, 11) is 0. The second-order valence-corrected chi connectivity index (χ2v) is 6.09. The van der Waals surface area contributed by atoms with E-state index in [0.717, 1.165) is 36.4 Å². The highest BCUT2D eigenvalue weighted by atomic mass is 15.3. The molecule has 0 bridgehead atoms. The van der Waals surface area contributed by atoms with Crippen molar-refractivity contribution in [2.75, 3.05) is 22.5 Å². The molecule has 2 aromatic heterocycles. The molecule has 1 aromatic carbocycles. The van der Waals surface area contributed by atoms with Crippen LogP contribution in [0.4, 0.5) is 22.9 Å². The zero-order chi connectivity index (χ0) is 17.2. The molecule has 7 heteroatoms. The number of fused-ring (bicyclic) bond motifs is 1. The van der Waals surface area contributed by atoms with Crippen LogP contribution in [0.2, 0.25) is 0 Å².